The standard InChI is InChI=1S/C20H35N3O2/c1-5-20(6-2,18-11-9-8-10-12-18)17-23-19(21-7-3)22-13-14-25-16-15-24-4/h8-12H,5-7,13-17H2,1-4H3,(H2,21,22,23). The van der Waals surface area contributed by atoms with E-state index in [2.05, 4.69) is 61.7 Å². The van der Waals surface area contributed by atoms with Crippen molar-refractivity contribution in [3.05, 3.63) is 35.9 Å². The molecule has 0 spiro atoms. The van der Waals surface area contributed by atoms with Crippen LogP contribution in [0.3, 0.4) is 0 Å². The third-order valence-corrected chi connectivity index (χ3v) is 4.59. The van der Waals surface area contributed by atoms with Crippen molar-refractivity contribution < 1.29 is 9.47 Å². The topological polar surface area (TPSA) is 54.9 Å². The van der Waals surface area contributed by atoms with Crippen molar-refractivity contribution in [1.82, 2.24) is 10.6 Å². The number of nitrogens with one attached hydrogen (secondary N) is 2. The van der Waals surface area contributed by atoms with E-state index in [-0.39, 0.29) is 5.41 Å². The van der Waals surface area contributed by atoms with Gasteiger partial charge in [-0.15, -0.1) is 0 Å². The van der Waals surface area contributed by atoms with Gasteiger partial charge in [0.15, 0.2) is 5.96 Å². The number of nitrogens with zero attached hydrogens (tertiary/aromatic N) is 1. The minimum Gasteiger partial charge on any atom is -0.382 e. The van der Waals surface area contributed by atoms with Crippen molar-refractivity contribution in [2.45, 2.75) is 39.0 Å². The summed E-state index contributed by atoms with van der Waals surface area (Å²) in [7, 11) is 1.68. The normalized spacial score (nSPS) is 12.2. The number of benzene rings is 1. The van der Waals surface area contributed by atoms with Gasteiger partial charge in [-0.3, -0.25) is 4.99 Å². The molecule has 5 heteroatoms. The van der Waals surface area contributed by atoms with E-state index in [0.29, 0.717) is 19.8 Å². The fraction of sp³-hybridized carbons (Fsp3) is 0.650. The summed E-state index contributed by atoms with van der Waals surface area (Å²) in [5.41, 5.74) is 1.45. The lowest BCUT2D eigenvalue weighted by atomic mass is 9.76. The molecule has 0 bridgehead atoms. The zero-order valence-corrected chi connectivity index (χ0v) is 16.3. The average molecular weight is 350 g/mol. The third-order valence-electron chi connectivity index (χ3n) is 4.59. The number of guanidine groups is 1. The summed E-state index contributed by atoms with van der Waals surface area (Å²) in [4.78, 5) is 4.85. The van der Waals surface area contributed by atoms with Gasteiger partial charge in [0.05, 0.1) is 26.4 Å². The number of hydrogen-bond donors (Lipinski definition) is 2. The van der Waals surface area contributed by atoms with E-state index in [0.717, 1.165) is 38.4 Å². The number of hydrogen-bond acceptors (Lipinski definition) is 3. The molecule has 0 atom stereocenters. The maximum atomic E-state index is 5.49. The van der Waals surface area contributed by atoms with E-state index >= 15 is 0 Å². The molecule has 0 saturated heterocycles. The summed E-state index contributed by atoms with van der Waals surface area (Å²) < 4.78 is 10.5. The molecule has 0 aliphatic carbocycles. The van der Waals surface area contributed by atoms with Crippen LogP contribution in [0.2, 0.25) is 0 Å². The molecule has 0 fully saturated rings. The summed E-state index contributed by atoms with van der Waals surface area (Å²) in [5.74, 6) is 0.847. The van der Waals surface area contributed by atoms with Crippen LogP contribution in [0.15, 0.2) is 35.3 Å². The third kappa shape index (κ3) is 7.45. The van der Waals surface area contributed by atoms with Crippen molar-refractivity contribution in [2.75, 3.05) is 46.6 Å². The molecule has 142 valence electrons. The van der Waals surface area contributed by atoms with Crippen molar-refractivity contribution in [1.29, 1.82) is 0 Å². The minimum atomic E-state index is 0.0819. The Morgan fingerprint density at radius 2 is 1.72 bits per heavy atom. The molecule has 0 saturated carbocycles. The molecule has 1 rings (SSSR count). The lowest BCUT2D eigenvalue weighted by molar-refractivity contribution is 0.0733. The van der Waals surface area contributed by atoms with Crippen LogP contribution in [0, 0.1) is 0 Å². The van der Waals surface area contributed by atoms with E-state index in [1.54, 1.807) is 7.11 Å². The van der Waals surface area contributed by atoms with Crippen LogP contribution >= 0.6 is 0 Å². The molecule has 0 unspecified atom stereocenters. The fourth-order valence-corrected chi connectivity index (χ4v) is 2.82. The first kappa shape index (κ1) is 21.5. The van der Waals surface area contributed by atoms with Crippen LogP contribution < -0.4 is 10.6 Å². The second-order valence-electron chi connectivity index (χ2n) is 6.08. The Morgan fingerprint density at radius 3 is 2.32 bits per heavy atom. The summed E-state index contributed by atoms with van der Waals surface area (Å²) in [6, 6.07) is 10.7. The van der Waals surface area contributed by atoms with Crippen LogP contribution in [-0.2, 0) is 14.9 Å². The molecule has 0 aliphatic rings. The van der Waals surface area contributed by atoms with Crippen molar-refractivity contribution in [3.63, 3.8) is 0 Å². The first-order valence-corrected chi connectivity index (χ1v) is 9.36. The lowest BCUT2D eigenvalue weighted by Gasteiger charge is -2.31. The smallest absolute Gasteiger partial charge is 0.191 e. The van der Waals surface area contributed by atoms with E-state index in [9.17, 15) is 0 Å². The second kappa shape index (κ2) is 12.7. The molecule has 0 radical (unpaired) electrons. The molecule has 1 aromatic carbocycles. The van der Waals surface area contributed by atoms with Gasteiger partial charge in [0.25, 0.3) is 0 Å². The number of ether oxygens (including phenoxy) is 2. The molecule has 5 nitrogen and oxygen atoms in total. The quantitative estimate of drug-likeness (QED) is 0.346. The Hall–Kier alpha value is -1.59. The predicted molar refractivity (Wildman–Crippen MR) is 105 cm³/mol. The van der Waals surface area contributed by atoms with Gasteiger partial charge in [0.1, 0.15) is 0 Å². The van der Waals surface area contributed by atoms with Gasteiger partial charge in [-0.05, 0) is 25.3 Å². The Balaban J connectivity index is 2.66. The fourth-order valence-electron chi connectivity index (χ4n) is 2.82. The van der Waals surface area contributed by atoms with Crippen LogP contribution in [0.4, 0.5) is 0 Å². The van der Waals surface area contributed by atoms with E-state index in [1.807, 2.05) is 0 Å². The molecular formula is C20H35N3O2. The molecule has 0 aliphatic heterocycles. The number of rotatable bonds is 12. The first-order valence-electron chi connectivity index (χ1n) is 9.36. The van der Waals surface area contributed by atoms with Gasteiger partial charge in [0.2, 0.25) is 0 Å². The Kier molecular flexibility index (Phi) is 10.9. The lowest BCUT2D eigenvalue weighted by Crippen LogP contribution is -2.40. The highest BCUT2D eigenvalue weighted by molar-refractivity contribution is 5.79. The Bertz CT molecular complexity index is 473. The van der Waals surface area contributed by atoms with E-state index in [1.165, 1.54) is 5.56 Å². The van der Waals surface area contributed by atoms with Crippen LogP contribution in [-0.4, -0.2) is 52.5 Å². The van der Waals surface area contributed by atoms with Gasteiger partial charge in [-0.1, -0.05) is 44.2 Å². The highest BCUT2D eigenvalue weighted by Crippen LogP contribution is 2.31. The molecular weight excluding hydrogens is 314 g/mol. The zero-order chi connectivity index (χ0) is 18.4. The van der Waals surface area contributed by atoms with Crippen LogP contribution in [0.1, 0.15) is 39.2 Å². The molecule has 2 N–H and O–H groups in total. The van der Waals surface area contributed by atoms with Gasteiger partial charge in [-0.25, -0.2) is 0 Å². The maximum absolute atomic E-state index is 5.49. The predicted octanol–water partition coefficient (Wildman–Crippen LogP) is 2.96. The molecule has 0 amide bonds. The summed E-state index contributed by atoms with van der Waals surface area (Å²) in [6.07, 6.45) is 2.13. The molecule has 0 heterocycles. The molecule has 25 heavy (non-hydrogen) atoms. The number of aliphatic imine (C=N–C) groups is 1. The molecule has 0 aromatic heterocycles. The van der Waals surface area contributed by atoms with Gasteiger partial charge < -0.3 is 20.1 Å². The van der Waals surface area contributed by atoms with Crippen molar-refractivity contribution in [3.8, 4) is 0 Å². The second-order valence-corrected chi connectivity index (χ2v) is 6.08. The van der Waals surface area contributed by atoms with E-state index < -0.39 is 0 Å². The monoisotopic (exact) mass is 349 g/mol. The first-order chi connectivity index (χ1) is 12.2. The highest BCUT2D eigenvalue weighted by atomic mass is 16.5. The largest absolute Gasteiger partial charge is 0.382 e. The van der Waals surface area contributed by atoms with Crippen LogP contribution in [0.25, 0.3) is 0 Å². The Labute approximate surface area is 153 Å². The van der Waals surface area contributed by atoms with Gasteiger partial charge in [0, 0.05) is 25.6 Å². The van der Waals surface area contributed by atoms with Crippen molar-refractivity contribution in [2.24, 2.45) is 4.99 Å². The van der Waals surface area contributed by atoms with E-state index in [4.69, 9.17) is 14.5 Å². The summed E-state index contributed by atoms with van der Waals surface area (Å²) in [6.45, 7) is 10.8. The number of methoxy groups -OCH3 is 1. The van der Waals surface area contributed by atoms with Crippen LogP contribution in [0.5, 0.6) is 0 Å². The maximum Gasteiger partial charge on any atom is 0.191 e. The molecule has 1 aromatic rings. The van der Waals surface area contributed by atoms with Gasteiger partial charge in [-0.2, -0.15) is 0 Å². The average Bonchev–Trinajstić information content (AvgIpc) is 2.66. The van der Waals surface area contributed by atoms with Crippen molar-refractivity contribution >= 4 is 5.96 Å². The minimum absolute atomic E-state index is 0.0819. The highest BCUT2D eigenvalue weighted by Gasteiger charge is 2.28. The zero-order valence-electron chi connectivity index (χ0n) is 16.3. The summed E-state index contributed by atoms with van der Waals surface area (Å²) >= 11 is 0. The van der Waals surface area contributed by atoms with Gasteiger partial charge >= 0.3 is 0 Å². The summed E-state index contributed by atoms with van der Waals surface area (Å²) in [5, 5.41) is 6.66. The SMILES string of the molecule is CCNC(=NCC(CC)(CC)c1ccccc1)NCCOCCOC. The Morgan fingerprint density at radius 1 is 1.00 bits per heavy atom.